The van der Waals surface area contributed by atoms with Gasteiger partial charge in [-0.05, 0) is 48.4 Å². The Labute approximate surface area is 279 Å². The molecule has 10 heteroatoms. The van der Waals surface area contributed by atoms with Crippen LogP contribution in [-0.2, 0) is 36.7 Å². The molecule has 260 valence electrons. The number of allylic oxidation sites excluding steroid dienone is 2. The van der Waals surface area contributed by atoms with Crippen LogP contribution in [0.15, 0.2) is 61.2 Å². The van der Waals surface area contributed by atoms with E-state index < -0.39 is 42.0 Å². The number of hydrogen-bond donors (Lipinski definition) is 3. The maximum Gasteiger partial charge on any atom is 0.330 e. The van der Waals surface area contributed by atoms with Crippen LogP contribution in [0, 0.1) is 18.8 Å². The Morgan fingerprint density at radius 2 is 1.32 bits per heavy atom. The van der Waals surface area contributed by atoms with E-state index in [2.05, 4.69) is 6.58 Å². The lowest BCUT2D eigenvalue weighted by Crippen LogP contribution is -2.34. The molecular weight excluding hydrogens is 604 g/mol. The van der Waals surface area contributed by atoms with E-state index in [1.54, 1.807) is 12.2 Å². The number of carboxylic acids is 1. The van der Waals surface area contributed by atoms with E-state index in [1.807, 2.05) is 77.9 Å². The summed E-state index contributed by atoms with van der Waals surface area (Å²) in [5, 5.41) is 30.2. The van der Waals surface area contributed by atoms with E-state index in [0.717, 1.165) is 28.3 Å². The summed E-state index contributed by atoms with van der Waals surface area (Å²) in [6.45, 7) is 14.4. The Hall–Kier alpha value is -4.15. The number of aliphatic carboxylic acids is 1. The Kier molecular flexibility index (Phi) is 19.5. The number of benzene rings is 2. The lowest BCUT2D eigenvalue weighted by atomic mass is 9.83. The molecule has 4 unspecified atom stereocenters. The summed E-state index contributed by atoms with van der Waals surface area (Å²) in [6.07, 6.45) is 4.02. The highest BCUT2D eigenvalue weighted by Crippen LogP contribution is 2.32. The highest BCUT2D eigenvalue weighted by atomic mass is 16.6. The lowest BCUT2D eigenvalue weighted by Gasteiger charge is -2.24. The first-order valence-electron chi connectivity index (χ1n) is 16.3. The van der Waals surface area contributed by atoms with Gasteiger partial charge in [0.05, 0.1) is 11.8 Å². The van der Waals surface area contributed by atoms with Crippen molar-refractivity contribution in [3.05, 3.63) is 83.5 Å². The fraction of sp³-hybridized carbons (Fsp3) is 0.486. The number of ether oxygens (including phenoxy) is 4. The van der Waals surface area contributed by atoms with Gasteiger partial charge < -0.3 is 34.3 Å². The first kappa shape index (κ1) is 40.9. The highest BCUT2D eigenvalue weighted by molar-refractivity contribution is 5.82. The molecular formula is C37H52O10. The highest BCUT2D eigenvalue weighted by Gasteiger charge is 2.35. The molecule has 1 aliphatic rings. The van der Waals surface area contributed by atoms with Crippen molar-refractivity contribution >= 4 is 17.9 Å². The Balaban J connectivity index is 0.00000265. The molecule has 0 fully saturated rings. The third kappa shape index (κ3) is 13.2. The van der Waals surface area contributed by atoms with Crippen LogP contribution in [0.5, 0.6) is 11.5 Å². The van der Waals surface area contributed by atoms with E-state index in [4.69, 9.17) is 18.9 Å². The summed E-state index contributed by atoms with van der Waals surface area (Å²) in [5.41, 5.74) is 3.47. The molecule has 3 N–H and O–H groups in total. The van der Waals surface area contributed by atoms with Gasteiger partial charge in [-0.2, -0.15) is 0 Å². The molecule has 0 aliphatic heterocycles. The van der Waals surface area contributed by atoms with Crippen molar-refractivity contribution in [3.63, 3.8) is 0 Å². The second-order valence-electron chi connectivity index (χ2n) is 10.4. The van der Waals surface area contributed by atoms with Gasteiger partial charge in [-0.3, -0.25) is 9.59 Å². The fourth-order valence-electron chi connectivity index (χ4n) is 4.83. The van der Waals surface area contributed by atoms with Gasteiger partial charge in [0.25, 0.3) is 0 Å². The molecule has 0 saturated heterocycles. The predicted molar refractivity (Wildman–Crippen MR) is 181 cm³/mol. The molecule has 0 bridgehead atoms. The van der Waals surface area contributed by atoms with Crippen molar-refractivity contribution in [2.45, 2.75) is 79.4 Å². The number of hydrogen-bond acceptors (Lipinski definition) is 9. The van der Waals surface area contributed by atoms with Crippen LogP contribution in [0.2, 0.25) is 0 Å². The first-order valence-corrected chi connectivity index (χ1v) is 16.3. The van der Waals surface area contributed by atoms with Gasteiger partial charge in [-0.25, -0.2) is 4.79 Å². The standard InChI is InChI=1S/C33H40O10.2C2H6/c1-4-22-11-9-13-24(16-23-12-8-10-21(3)30(23)41-18-25(34)17-40-29(36)5-2)31(22)42-19-26(35)20-43-33(39)28-15-7-6-14-27(28)32(37)38;2*1-2/h5-13,25-28,34-35H,2,4,14-20H2,1,3H3,(H,37,38);2*1-2H3. The van der Waals surface area contributed by atoms with Crippen LogP contribution < -0.4 is 9.47 Å². The quantitative estimate of drug-likeness (QED) is 0.118. The predicted octanol–water partition coefficient (Wildman–Crippen LogP) is 5.62. The van der Waals surface area contributed by atoms with Gasteiger partial charge in [-0.15, -0.1) is 0 Å². The molecule has 10 nitrogen and oxygen atoms in total. The molecule has 1 aliphatic carbocycles. The van der Waals surface area contributed by atoms with Crippen LogP contribution in [0.1, 0.15) is 69.7 Å². The average Bonchev–Trinajstić information content (AvgIpc) is 3.10. The summed E-state index contributed by atoms with van der Waals surface area (Å²) in [6, 6.07) is 11.5. The Morgan fingerprint density at radius 1 is 0.809 bits per heavy atom. The summed E-state index contributed by atoms with van der Waals surface area (Å²) >= 11 is 0. The van der Waals surface area contributed by atoms with Gasteiger partial charge in [0.1, 0.15) is 50.1 Å². The number of rotatable bonds is 16. The topological polar surface area (TPSA) is 149 Å². The Morgan fingerprint density at radius 3 is 1.89 bits per heavy atom. The number of carboxylic acid groups (broad SMARTS) is 1. The average molecular weight is 657 g/mol. The summed E-state index contributed by atoms with van der Waals surface area (Å²) < 4.78 is 22.2. The van der Waals surface area contributed by atoms with Crippen LogP contribution >= 0.6 is 0 Å². The second kappa shape index (κ2) is 22.4. The number of carbonyl (C=O) groups is 3. The largest absolute Gasteiger partial charge is 0.490 e. The van der Waals surface area contributed by atoms with Crippen molar-refractivity contribution in [1.29, 1.82) is 0 Å². The molecule has 2 aromatic carbocycles. The third-order valence-electron chi connectivity index (χ3n) is 7.13. The third-order valence-corrected chi connectivity index (χ3v) is 7.13. The minimum Gasteiger partial charge on any atom is -0.490 e. The summed E-state index contributed by atoms with van der Waals surface area (Å²) in [7, 11) is 0. The fourth-order valence-corrected chi connectivity index (χ4v) is 4.83. The van der Waals surface area contributed by atoms with Gasteiger partial charge in [-0.1, -0.05) is 89.7 Å². The van der Waals surface area contributed by atoms with E-state index in [0.29, 0.717) is 24.3 Å². The number of esters is 2. The minimum atomic E-state index is -1.13. The van der Waals surface area contributed by atoms with Gasteiger partial charge in [0.15, 0.2) is 0 Å². The molecule has 4 atom stereocenters. The molecule has 0 aromatic heterocycles. The van der Waals surface area contributed by atoms with E-state index in [-0.39, 0.29) is 39.3 Å². The second-order valence-corrected chi connectivity index (χ2v) is 10.4. The van der Waals surface area contributed by atoms with Crippen molar-refractivity contribution in [2.24, 2.45) is 11.8 Å². The lowest BCUT2D eigenvalue weighted by molar-refractivity contribution is -0.160. The number of aryl methyl sites for hydroxylation is 2. The van der Waals surface area contributed by atoms with E-state index in [9.17, 15) is 29.7 Å². The van der Waals surface area contributed by atoms with Gasteiger partial charge in [0.2, 0.25) is 0 Å². The number of para-hydroxylation sites is 2. The van der Waals surface area contributed by atoms with E-state index in [1.165, 1.54) is 0 Å². The molecule has 47 heavy (non-hydrogen) atoms. The normalized spacial score (nSPS) is 16.2. The molecule has 0 saturated carbocycles. The molecule has 2 aromatic rings. The van der Waals surface area contributed by atoms with Crippen LogP contribution in [-0.4, -0.2) is 71.9 Å². The number of carbonyl (C=O) groups excluding carboxylic acids is 2. The molecule has 0 radical (unpaired) electrons. The molecule has 3 rings (SSSR count). The SMILES string of the molecule is C=CC(=O)OCC(O)COc1c(C)cccc1Cc1cccc(CC)c1OCC(O)COC(=O)C1CC=CCC1C(=O)O.CC.CC. The maximum absolute atomic E-state index is 12.6. The van der Waals surface area contributed by atoms with Crippen LogP contribution in [0.3, 0.4) is 0 Å². The smallest absolute Gasteiger partial charge is 0.330 e. The molecule has 0 heterocycles. The zero-order valence-electron chi connectivity index (χ0n) is 28.6. The zero-order chi connectivity index (χ0) is 35.4. The van der Waals surface area contributed by atoms with Crippen LogP contribution in [0.25, 0.3) is 0 Å². The zero-order valence-corrected chi connectivity index (χ0v) is 28.6. The Bertz CT molecular complexity index is 1300. The monoisotopic (exact) mass is 656 g/mol. The number of aliphatic hydroxyl groups is 2. The van der Waals surface area contributed by atoms with Crippen molar-refractivity contribution < 1.29 is 48.7 Å². The maximum atomic E-state index is 12.6. The minimum absolute atomic E-state index is 0.0874. The van der Waals surface area contributed by atoms with Crippen LogP contribution in [0.4, 0.5) is 0 Å². The molecule has 0 spiro atoms. The van der Waals surface area contributed by atoms with Gasteiger partial charge >= 0.3 is 17.9 Å². The summed E-state index contributed by atoms with van der Waals surface area (Å²) in [5.74, 6) is -2.78. The molecule has 0 amide bonds. The first-order chi connectivity index (χ1) is 22.6. The van der Waals surface area contributed by atoms with Gasteiger partial charge in [0, 0.05) is 12.5 Å². The number of aliphatic hydroxyl groups excluding tert-OH is 2. The van der Waals surface area contributed by atoms with E-state index >= 15 is 0 Å². The van der Waals surface area contributed by atoms with Crippen molar-refractivity contribution in [1.82, 2.24) is 0 Å². The van der Waals surface area contributed by atoms with Crippen molar-refractivity contribution in [3.8, 4) is 11.5 Å². The summed E-state index contributed by atoms with van der Waals surface area (Å²) in [4.78, 5) is 35.3. The van der Waals surface area contributed by atoms with Crippen molar-refractivity contribution in [2.75, 3.05) is 26.4 Å².